The molecule has 2 aromatic heterocycles. The van der Waals surface area contributed by atoms with Crippen LogP contribution in [-0.4, -0.2) is 39.4 Å². The Kier molecular flexibility index (Phi) is 7.52. The number of nitrogens with two attached hydrogens (primary N) is 1. The number of alkyl halides is 3. The Balaban J connectivity index is 1.81. The van der Waals surface area contributed by atoms with Crippen molar-refractivity contribution >= 4 is 71.7 Å². The monoisotopic (exact) mass is 645 g/mol. The second kappa shape index (κ2) is 10.4. The molecule has 0 saturated carbocycles. The average molecular weight is 648 g/mol. The van der Waals surface area contributed by atoms with Gasteiger partial charge < -0.3 is 15.8 Å². The van der Waals surface area contributed by atoms with Gasteiger partial charge in [0.2, 0.25) is 5.88 Å². The Morgan fingerprint density at radius 3 is 2.56 bits per heavy atom. The highest BCUT2D eigenvalue weighted by molar-refractivity contribution is 9.11. The average Bonchev–Trinajstić information content (AvgIpc) is 3.24. The van der Waals surface area contributed by atoms with Crippen LogP contribution in [0.3, 0.4) is 0 Å². The summed E-state index contributed by atoms with van der Waals surface area (Å²) >= 11 is 12.9. The standard InChI is InChI=1S/C22H13Br2ClF3N5O3/c23-10-3-4-11-9(6-10)7-12(20(29)34)17(16(11)24)31-22(35)14-8-15(36-19(28)18(26)27)32-33(14)21-13(25)2-1-5-30-21/h1-8,18-19H,(H2,29,34)(H,31,35). The van der Waals surface area contributed by atoms with Gasteiger partial charge >= 0.3 is 6.43 Å². The van der Waals surface area contributed by atoms with Gasteiger partial charge in [-0.3, -0.25) is 9.59 Å². The predicted molar refractivity (Wildman–Crippen MR) is 134 cm³/mol. The first kappa shape index (κ1) is 25.9. The Bertz CT molecular complexity index is 1500. The molecule has 36 heavy (non-hydrogen) atoms. The van der Waals surface area contributed by atoms with E-state index in [1.807, 2.05) is 0 Å². The number of ether oxygens (including phenoxy) is 1. The summed E-state index contributed by atoms with van der Waals surface area (Å²) in [5, 5.41) is 7.81. The second-order valence-electron chi connectivity index (χ2n) is 7.19. The molecule has 0 bridgehead atoms. The summed E-state index contributed by atoms with van der Waals surface area (Å²) in [5.41, 5.74) is 5.28. The number of anilines is 1. The van der Waals surface area contributed by atoms with Crippen molar-refractivity contribution in [1.82, 2.24) is 14.8 Å². The lowest BCUT2D eigenvalue weighted by Gasteiger charge is -2.15. The number of carbonyl (C=O) groups excluding carboxylic acids is 2. The molecule has 1 unspecified atom stereocenters. The van der Waals surface area contributed by atoms with Crippen LogP contribution in [0.25, 0.3) is 16.6 Å². The van der Waals surface area contributed by atoms with Gasteiger partial charge in [-0.05, 0) is 57.0 Å². The first-order valence-corrected chi connectivity index (χ1v) is 11.9. The highest BCUT2D eigenvalue weighted by atomic mass is 79.9. The zero-order valence-corrected chi connectivity index (χ0v) is 21.6. The first-order chi connectivity index (χ1) is 17.1. The van der Waals surface area contributed by atoms with Crippen molar-refractivity contribution < 1.29 is 27.5 Å². The van der Waals surface area contributed by atoms with Crippen molar-refractivity contribution in [3.05, 3.63) is 73.9 Å². The molecule has 0 spiro atoms. The number of nitrogens with one attached hydrogen (secondary N) is 1. The Morgan fingerprint density at radius 2 is 1.89 bits per heavy atom. The van der Waals surface area contributed by atoms with Gasteiger partial charge in [-0.25, -0.2) is 18.4 Å². The van der Waals surface area contributed by atoms with Gasteiger partial charge in [-0.15, -0.1) is 5.10 Å². The highest BCUT2D eigenvalue weighted by Crippen LogP contribution is 2.36. The molecule has 14 heteroatoms. The number of rotatable bonds is 7. The number of benzene rings is 2. The molecule has 186 valence electrons. The van der Waals surface area contributed by atoms with Crippen molar-refractivity contribution in [2.75, 3.05) is 5.32 Å². The maximum Gasteiger partial charge on any atom is 0.304 e. The fourth-order valence-corrected chi connectivity index (χ4v) is 4.52. The molecular formula is C22H13Br2ClF3N5O3. The lowest BCUT2D eigenvalue weighted by Crippen LogP contribution is -2.21. The third-order valence-electron chi connectivity index (χ3n) is 4.83. The van der Waals surface area contributed by atoms with E-state index in [9.17, 15) is 22.8 Å². The van der Waals surface area contributed by atoms with E-state index < -0.39 is 30.5 Å². The zero-order valence-electron chi connectivity index (χ0n) is 17.7. The summed E-state index contributed by atoms with van der Waals surface area (Å²) in [6, 6.07) is 10.7. The molecule has 4 rings (SSSR count). The van der Waals surface area contributed by atoms with Gasteiger partial charge in [0.1, 0.15) is 5.69 Å². The van der Waals surface area contributed by atoms with Gasteiger partial charge in [0.05, 0.1) is 16.3 Å². The van der Waals surface area contributed by atoms with E-state index in [2.05, 4.69) is 52.0 Å². The van der Waals surface area contributed by atoms with Gasteiger partial charge in [-0.1, -0.05) is 33.6 Å². The second-order valence-corrected chi connectivity index (χ2v) is 9.30. The fourth-order valence-electron chi connectivity index (χ4n) is 3.27. The number of aromatic nitrogens is 3. The minimum absolute atomic E-state index is 0.0132. The predicted octanol–water partition coefficient (Wildman–Crippen LogP) is 5.89. The van der Waals surface area contributed by atoms with Crippen LogP contribution in [0, 0.1) is 0 Å². The molecular weight excluding hydrogens is 635 g/mol. The summed E-state index contributed by atoms with van der Waals surface area (Å²) in [4.78, 5) is 29.6. The van der Waals surface area contributed by atoms with Crippen molar-refractivity contribution in [1.29, 1.82) is 0 Å². The van der Waals surface area contributed by atoms with Crippen LogP contribution in [0.5, 0.6) is 5.88 Å². The summed E-state index contributed by atoms with van der Waals surface area (Å²) in [7, 11) is 0. The van der Waals surface area contributed by atoms with E-state index in [0.717, 1.165) is 15.2 Å². The van der Waals surface area contributed by atoms with Crippen molar-refractivity contribution in [3.8, 4) is 11.7 Å². The van der Waals surface area contributed by atoms with Crippen LogP contribution in [0.2, 0.25) is 5.02 Å². The number of hydrogen-bond acceptors (Lipinski definition) is 5. The van der Waals surface area contributed by atoms with Crippen LogP contribution < -0.4 is 15.8 Å². The first-order valence-electron chi connectivity index (χ1n) is 9.89. The van der Waals surface area contributed by atoms with Crippen LogP contribution in [0.1, 0.15) is 20.8 Å². The molecule has 0 aliphatic rings. The molecule has 2 heterocycles. The molecule has 1 atom stereocenters. The van der Waals surface area contributed by atoms with Crippen molar-refractivity contribution in [2.24, 2.45) is 5.73 Å². The lowest BCUT2D eigenvalue weighted by molar-refractivity contribution is -0.0691. The molecule has 0 saturated heterocycles. The van der Waals surface area contributed by atoms with E-state index in [-0.39, 0.29) is 27.8 Å². The number of carbonyl (C=O) groups is 2. The minimum Gasteiger partial charge on any atom is -0.436 e. The zero-order chi connectivity index (χ0) is 26.1. The highest BCUT2D eigenvalue weighted by Gasteiger charge is 2.27. The molecule has 4 aromatic rings. The van der Waals surface area contributed by atoms with Crippen LogP contribution in [0.15, 0.2) is 57.6 Å². The van der Waals surface area contributed by atoms with Crippen LogP contribution in [0.4, 0.5) is 18.9 Å². The molecule has 3 N–H and O–H groups in total. The maximum absolute atomic E-state index is 13.5. The number of amides is 2. The molecule has 0 aliphatic carbocycles. The number of fused-ring (bicyclic) bond motifs is 1. The summed E-state index contributed by atoms with van der Waals surface area (Å²) < 4.78 is 45.4. The largest absolute Gasteiger partial charge is 0.436 e. The van der Waals surface area contributed by atoms with Crippen LogP contribution in [-0.2, 0) is 0 Å². The van der Waals surface area contributed by atoms with Crippen LogP contribution >= 0.6 is 43.5 Å². The molecule has 0 radical (unpaired) electrons. The number of hydrogen-bond donors (Lipinski definition) is 2. The third kappa shape index (κ3) is 5.18. The molecule has 2 amide bonds. The van der Waals surface area contributed by atoms with Gasteiger partial charge in [0, 0.05) is 21.2 Å². The van der Waals surface area contributed by atoms with Gasteiger partial charge in [0.15, 0.2) is 5.82 Å². The quantitative estimate of drug-likeness (QED) is 0.260. The Morgan fingerprint density at radius 1 is 1.14 bits per heavy atom. The van der Waals surface area contributed by atoms with Crippen molar-refractivity contribution in [2.45, 2.75) is 12.8 Å². The molecule has 2 aromatic carbocycles. The van der Waals surface area contributed by atoms with E-state index in [1.54, 1.807) is 18.2 Å². The third-order valence-corrected chi connectivity index (χ3v) is 6.45. The van der Waals surface area contributed by atoms with E-state index in [4.69, 9.17) is 17.3 Å². The summed E-state index contributed by atoms with van der Waals surface area (Å²) in [6.07, 6.45) is -5.08. The maximum atomic E-state index is 13.5. The van der Waals surface area contributed by atoms with Gasteiger partial charge in [0.25, 0.3) is 18.2 Å². The Hall–Kier alpha value is -3.16. The smallest absolute Gasteiger partial charge is 0.304 e. The number of primary amides is 1. The molecule has 8 nitrogen and oxygen atoms in total. The molecule has 0 aliphatic heterocycles. The summed E-state index contributed by atoms with van der Waals surface area (Å²) in [6.45, 7) is 0. The fraction of sp³-hybridized carbons (Fsp3) is 0.0909. The van der Waals surface area contributed by atoms with Crippen molar-refractivity contribution in [3.63, 3.8) is 0 Å². The number of pyridine rings is 1. The number of nitrogens with zero attached hydrogens (tertiary/aromatic N) is 3. The minimum atomic E-state index is -3.45. The summed E-state index contributed by atoms with van der Waals surface area (Å²) in [5.74, 6) is -2.36. The van der Waals surface area contributed by atoms with E-state index >= 15 is 0 Å². The van der Waals surface area contributed by atoms with E-state index in [0.29, 0.717) is 15.2 Å². The lowest BCUT2D eigenvalue weighted by atomic mass is 10.0. The Labute approximate surface area is 222 Å². The van der Waals surface area contributed by atoms with Gasteiger partial charge in [-0.2, -0.15) is 4.39 Å². The SMILES string of the molecule is NC(=O)c1cc2cc(Br)ccc2c(Br)c1NC(=O)c1cc(OC(F)C(F)F)nn1-c1ncccc1Cl. The topological polar surface area (TPSA) is 112 Å². The number of halogens is 6. The molecule has 0 fully saturated rings. The normalized spacial score (nSPS) is 12.1. The van der Waals surface area contributed by atoms with E-state index in [1.165, 1.54) is 24.4 Å².